The predicted octanol–water partition coefficient (Wildman–Crippen LogP) is 1.13. The van der Waals surface area contributed by atoms with E-state index in [1.54, 1.807) is 25.1 Å². The fourth-order valence-corrected chi connectivity index (χ4v) is 2.09. The molecule has 0 aliphatic heterocycles. The Labute approximate surface area is 144 Å². The summed E-state index contributed by atoms with van der Waals surface area (Å²) < 4.78 is 15.5. The number of carbonyl (C=O) groups is 1. The largest absolute Gasteiger partial charge is 0.493 e. The van der Waals surface area contributed by atoms with Crippen molar-refractivity contribution in [3.63, 3.8) is 0 Å². The van der Waals surface area contributed by atoms with Gasteiger partial charge in [0.05, 0.1) is 19.4 Å². The van der Waals surface area contributed by atoms with Gasteiger partial charge in [-0.15, -0.1) is 0 Å². The number of ether oxygens (including phenoxy) is 3. The molecule has 9 heteroatoms. The summed E-state index contributed by atoms with van der Waals surface area (Å²) in [7, 11) is 1.47. The molecule has 0 unspecified atom stereocenters. The first kappa shape index (κ1) is 17.8. The Bertz CT molecular complexity index is 832. The first-order valence-corrected chi connectivity index (χ1v) is 7.30. The molecule has 0 saturated heterocycles. The minimum absolute atomic E-state index is 0.0187. The van der Waals surface area contributed by atoms with E-state index >= 15 is 0 Å². The molecule has 1 aromatic carbocycles. The van der Waals surface area contributed by atoms with Crippen LogP contribution >= 0.6 is 0 Å². The van der Waals surface area contributed by atoms with E-state index in [0.29, 0.717) is 11.3 Å². The molecule has 25 heavy (non-hydrogen) atoms. The molecule has 9 nitrogen and oxygen atoms in total. The lowest BCUT2D eigenvalue weighted by Gasteiger charge is -2.13. The standard InChI is InChI=1S/C16H17N5O4/c1-3-24-13(22)8-25-12-6-9(4-5-11(12)23-2)14-10(7-17)15(18)21-16(19)20-14/h4-6H,3,8H2,1-2H3,(H4,18,19,20,21). The van der Waals surface area contributed by atoms with E-state index in [4.69, 9.17) is 25.7 Å². The zero-order valence-corrected chi connectivity index (χ0v) is 13.8. The van der Waals surface area contributed by atoms with Crippen LogP contribution in [0.2, 0.25) is 0 Å². The van der Waals surface area contributed by atoms with Gasteiger partial charge in [-0.25, -0.2) is 9.78 Å². The molecule has 1 aromatic heterocycles. The summed E-state index contributed by atoms with van der Waals surface area (Å²) in [6.45, 7) is 1.67. The molecule has 0 amide bonds. The van der Waals surface area contributed by atoms with Crippen LogP contribution in [0.15, 0.2) is 18.2 Å². The first-order valence-electron chi connectivity index (χ1n) is 7.30. The van der Waals surface area contributed by atoms with Gasteiger partial charge in [0.2, 0.25) is 5.95 Å². The van der Waals surface area contributed by atoms with Crippen LogP contribution in [0, 0.1) is 11.3 Å². The van der Waals surface area contributed by atoms with Crippen LogP contribution in [0.1, 0.15) is 12.5 Å². The summed E-state index contributed by atoms with van der Waals surface area (Å²) in [5, 5.41) is 9.29. The highest BCUT2D eigenvalue weighted by atomic mass is 16.6. The second kappa shape index (κ2) is 7.83. The molecule has 0 aliphatic carbocycles. The number of carbonyl (C=O) groups excluding carboxylic acids is 1. The number of anilines is 2. The van der Waals surface area contributed by atoms with E-state index < -0.39 is 5.97 Å². The molecular formula is C16H17N5O4. The maximum atomic E-state index is 11.5. The number of benzene rings is 1. The Morgan fingerprint density at radius 1 is 1.28 bits per heavy atom. The Kier molecular flexibility index (Phi) is 5.58. The smallest absolute Gasteiger partial charge is 0.344 e. The van der Waals surface area contributed by atoms with Gasteiger partial charge in [-0.2, -0.15) is 10.2 Å². The highest BCUT2D eigenvalue weighted by Gasteiger charge is 2.16. The van der Waals surface area contributed by atoms with Crippen molar-refractivity contribution in [2.24, 2.45) is 0 Å². The van der Waals surface area contributed by atoms with Crippen molar-refractivity contribution in [3.8, 4) is 28.8 Å². The zero-order valence-electron chi connectivity index (χ0n) is 13.8. The van der Waals surface area contributed by atoms with Crippen LogP contribution in [0.3, 0.4) is 0 Å². The van der Waals surface area contributed by atoms with Gasteiger partial charge >= 0.3 is 5.97 Å². The highest BCUT2D eigenvalue weighted by Crippen LogP contribution is 2.34. The number of rotatable bonds is 6. The van der Waals surface area contributed by atoms with E-state index in [-0.39, 0.29) is 42.0 Å². The van der Waals surface area contributed by atoms with Gasteiger partial charge in [-0.3, -0.25) is 0 Å². The van der Waals surface area contributed by atoms with Crippen molar-refractivity contribution in [3.05, 3.63) is 23.8 Å². The van der Waals surface area contributed by atoms with Gasteiger partial charge < -0.3 is 25.7 Å². The van der Waals surface area contributed by atoms with Crippen molar-refractivity contribution in [2.45, 2.75) is 6.92 Å². The summed E-state index contributed by atoms with van der Waals surface area (Å²) in [5.74, 6) is 0.101. The Balaban J connectivity index is 2.43. The maximum absolute atomic E-state index is 11.5. The quantitative estimate of drug-likeness (QED) is 0.736. The van der Waals surface area contributed by atoms with Crippen LogP contribution in [0.5, 0.6) is 11.5 Å². The number of nitriles is 1. The van der Waals surface area contributed by atoms with Crippen LogP contribution in [-0.2, 0) is 9.53 Å². The van der Waals surface area contributed by atoms with Gasteiger partial charge in [0.15, 0.2) is 18.1 Å². The molecule has 0 aliphatic rings. The van der Waals surface area contributed by atoms with Crippen LogP contribution < -0.4 is 20.9 Å². The third kappa shape index (κ3) is 4.06. The second-order valence-electron chi connectivity index (χ2n) is 4.76. The van der Waals surface area contributed by atoms with E-state index in [1.807, 2.05) is 6.07 Å². The third-order valence-corrected chi connectivity index (χ3v) is 3.15. The average molecular weight is 343 g/mol. The number of nitrogens with zero attached hydrogens (tertiary/aromatic N) is 3. The zero-order chi connectivity index (χ0) is 18.4. The van der Waals surface area contributed by atoms with Crippen LogP contribution in [0.4, 0.5) is 11.8 Å². The number of nitrogen functional groups attached to an aromatic ring is 2. The number of hydrogen-bond acceptors (Lipinski definition) is 9. The molecular weight excluding hydrogens is 326 g/mol. The summed E-state index contributed by atoms with van der Waals surface area (Å²) in [4.78, 5) is 19.3. The van der Waals surface area contributed by atoms with Crippen molar-refractivity contribution in [2.75, 3.05) is 31.8 Å². The monoisotopic (exact) mass is 343 g/mol. The molecule has 130 valence electrons. The lowest BCUT2D eigenvalue weighted by Crippen LogP contribution is -2.15. The van der Waals surface area contributed by atoms with Crippen molar-refractivity contribution < 1.29 is 19.0 Å². The maximum Gasteiger partial charge on any atom is 0.344 e. The summed E-state index contributed by atoms with van der Waals surface area (Å²) >= 11 is 0. The number of aromatic nitrogens is 2. The van der Waals surface area contributed by atoms with Crippen LogP contribution in [-0.4, -0.2) is 36.3 Å². The van der Waals surface area contributed by atoms with Crippen LogP contribution in [0.25, 0.3) is 11.3 Å². The first-order chi connectivity index (χ1) is 12.0. The van der Waals surface area contributed by atoms with Crippen molar-refractivity contribution >= 4 is 17.7 Å². The van der Waals surface area contributed by atoms with E-state index in [1.165, 1.54) is 7.11 Å². The summed E-state index contributed by atoms with van der Waals surface area (Å²) in [6, 6.07) is 6.80. The molecule has 0 fully saturated rings. The molecule has 0 atom stereocenters. The number of esters is 1. The van der Waals surface area contributed by atoms with Gasteiger partial charge in [0, 0.05) is 5.56 Å². The van der Waals surface area contributed by atoms with E-state index in [2.05, 4.69) is 9.97 Å². The summed E-state index contributed by atoms with van der Waals surface area (Å²) in [6.07, 6.45) is 0. The minimum Gasteiger partial charge on any atom is -0.493 e. The number of nitrogens with two attached hydrogens (primary N) is 2. The SMILES string of the molecule is CCOC(=O)COc1cc(-c2nc(N)nc(N)c2C#N)ccc1OC. The average Bonchev–Trinajstić information content (AvgIpc) is 2.59. The molecule has 0 saturated carbocycles. The van der Waals surface area contributed by atoms with Gasteiger partial charge in [-0.1, -0.05) is 0 Å². The highest BCUT2D eigenvalue weighted by molar-refractivity contribution is 5.75. The molecule has 1 heterocycles. The lowest BCUT2D eigenvalue weighted by atomic mass is 10.1. The van der Waals surface area contributed by atoms with E-state index in [0.717, 1.165) is 0 Å². The van der Waals surface area contributed by atoms with Gasteiger partial charge in [-0.05, 0) is 25.1 Å². The molecule has 0 bridgehead atoms. The molecule has 2 rings (SSSR count). The minimum atomic E-state index is -0.511. The molecule has 0 radical (unpaired) electrons. The Morgan fingerprint density at radius 2 is 2.04 bits per heavy atom. The summed E-state index contributed by atoms with van der Waals surface area (Å²) in [5.41, 5.74) is 12.2. The molecule has 4 N–H and O–H groups in total. The van der Waals surface area contributed by atoms with Crippen molar-refractivity contribution in [1.82, 2.24) is 9.97 Å². The topological polar surface area (TPSA) is 146 Å². The third-order valence-electron chi connectivity index (χ3n) is 3.15. The number of hydrogen-bond donors (Lipinski definition) is 2. The molecule has 2 aromatic rings. The van der Waals surface area contributed by atoms with Gasteiger partial charge in [0.1, 0.15) is 17.5 Å². The predicted molar refractivity (Wildman–Crippen MR) is 89.7 cm³/mol. The lowest BCUT2D eigenvalue weighted by molar-refractivity contribution is -0.145. The van der Waals surface area contributed by atoms with E-state index in [9.17, 15) is 10.1 Å². The number of methoxy groups -OCH3 is 1. The second-order valence-corrected chi connectivity index (χ2v) is 4.76. The Hall–Kier alpha value is -3.54. The Morgan fingerprint density at radius 3 is 2.68 bits per heavy atom. The van der Waals surface area contributed by atoms with Crippen molar-refractivity contribution in [1.29, 1.82) is 5.26 Å². The van der Waals surface area contributed by atoms with Gasteiger partial charge in [0.25, 0.3) is 0 Å². The fourth-order valence-electron chi connectivity index (χ4n) is 2.09. The fraction of sp³-hybridized carbons (Fsp3) is 0.250. The normalized spacial score (nSPS) is 9.96. The molecule has 0 spiro atoms.